The van der Waals surface area contributed by atoms with Crippen molar-refractivity contribution in [1.82, 2.24) is 0 Å². The van der Waals surface area contributed by atoms with Gasteiger partial charge in [0.15, 0.2) is 0 Å². The second-order valence-electron chi connectivity index (χ2n) is 3.60. The van der Waals surface area contributed by atoms with Crippen molar-refractivity contribution in [3.05, 3.63) is 0 Å². The van der Waals surface area contributed by atoms with Crippen molar-refractivity contribution in [3.8, 4) is 0 Å². The molecule has 0 heterocycles. The lowest BCUT2D eigenvalue weighted by molar-refractivity contribution is -0.119. The van der Waals surface area contributed by atoms with Crippen LogP contribution in [0.3, 0.4) is 0 Å². The standard InChI is InChI=1S/C11H23NO/c1-2-3-4-5-8-11(13)9-6-7-10-12/h2-10,12H2,1H3. The van der Waals surface area contributed by atoms with Crippen molar-refractivity contribution >= 4 is 5.78 Å². The summed E-state index contributed by atoms with van der Waals surface area (Å²) in [5.41, 5.74) is 5.34. The molecule has 0 aliphatic heterocycles. The molecule has 0 bridgehead atoms. The minimum Gasteiger partial charge on any atom is -0.330 e. The number of carbonyl (C=O) groups excluding carboxylic acids is 1. The second kappa shape index (κ2) is 9.72. The van der Waals surface area contributed by atoms with Crippen LogP contribution in [0.5, 0.6) is 0 Å². The first-order valence-electron chi connectivity index (χ1n) is 5.53. The SMILES string of the molecule is CCCCCCC(=O)CCCCN. The summed E-state index contributed by atoms with van der Waals surface area (Å²) in [5, 5.41) is 0. The fourth-order valence-electron chi connectivity index (χ4n) is 1.34. The quantitative estimate of drug-likeness (QED) is 0.561. The van der Waals surface area contributed by atoms with Gasteiger partial charge in [-0.3, -0.25) is 4.79 Å². The molecule has 13 heavy (non-hydrogen) atoms. The Morgan fingerprint density at radius 2 is 1.62 bits per heavy atom. The molecule has 0 spiro atoms. The van der Waals surface area contributed by atoms with E-state index in [4.69, 9.17) is 5.73 Å². The van der Waals surface area contributed by atoms with Gasteiger partial charge in [0, 0.05) is 12.8 Å². The maximum atomic E-state index is 11.2. The largest absolute Gasteiger partial charge is 0.330 e. The van der Waals surface area contributed by atoms with Gasteiger partial charge in [0.05, 0.1) is 0 Å². The van der Waals surface area contributed by atoms with Gasteiger partial charge in [-0.2, -0.15) is 0 Å². The van der Waals surface area contributed by atoms with E-state index in [2.05, 4.69) is 6.92 Å². The molecule has 0 atom stereocenters. The zero-order valence-corrected chi connectivity index (χ0v) is 8.85. The molecular weight excluding hydrogens is 162 g/mol. The molecule has 0 saturated heterocycles. The predicted octanol–water partition coefficient (Wildman–Crippen LogP) is 2.65. The lowest BCUT2D eigenvalue weighted by atomic mass is 10.1. The summed E-state index contributed by atoms with van der Waals surface area (Å²) in [6.45, 7) is 2.90. The Balaban J connectivity index is 3.11. The van der Waals surface area contributed by atoms with Crippen LogP contribution in [0.2, 0.25) is 0 Å². The molecule has 0 aromatic rings. The summed E-state index contributed by atoms with van der Waals surface area (Å²) in [4.78, 5) is 11.2. The maximum Gasteiger partial charge on any atom is 0.132 e. The zero-order valence-electron chi connectivity index (χ0n) is 8.85. The molecule has 2 N–H and O–H groups in total. The summed E-state index contributed by atoms with van der Waals surface area (Å²) >= 11 is 0. The average molecular weight is 185 g/mol. The van der Waals surface area contributed by atoms with Gasteiger partial charge in [0.25, 0.3) is 0 Å². The van der Waals surface area contributed by atoms with E-state index >= 15 is 0 Å². The third-order valence-corrected chi connectivity index (χ3v) is 2.22. The van der Waals surface area contributed by atoms with E-state index in [9.17, 15) is 4.79 Å². The molecule has 2 heteroatoms. The van der Waals surface area contributed by atoms with E-state index in [0.29, 0.717) is 12.3 Å². The Hall–Kier alpha value is -0.370. The van der Waals surface area contributed by atoms with Crippen molar-refractivity contribution in [3.63, 3.8) is 0 Å². The summed E-state index contributed by atoms with van der Waals surface area (Å²) in [5.74, 6) is 0.421. The third-order valence-electron chi connectivity index (χ3n) is 2.22. The zero-order chi connectivity index (χ0) is 9.94. The summed E-state index contributed by atoms with van der Waals surface area (Å²) < 4.78 is 0. The van der Waals surface area contributed by atoms with Crippen LogP contribution < -0.4 is 5.73 Å². The Morgan fingerprint density at radius 1 is 1.00 bits per heavy atom. The molecule has 0 saturated carbocycles. The molecule has 0 aliphatic carbocycles. The first kappa shape index (κ1) is 12.6. The van der Waals surface area contributed by atoms with E-state index in [-0.39, 0.29) is 0 Å². The van der Waals surface area contributed by atoms with E-state index in [1.807, 2.05) is 0 Å². The number of carbonyl (C=O) groups is 1. The molecule has 0 radical (unpaired) electrons. The van der Waals surface area contributed by atoms with E-state index in [1.54, 1.807) is 0 Å². The van der Waals surface area contributed by atoms with Crippen molar-refractivity contribution in [1.29, 1.82) is 0 Å². The molecule has 0 aromatic carbocycles. The summed E-state index contributed by atoms with van der Waals surface area (Å²) in [7, 11) is 0. The van der Waals surface area contributed by atoms with Crippen LogP contribution in [0.1, 0.15) is 58.3 Å². The number of unbranched alkanes of at least 4 members (excludes halogenated alkanes) is 4. The number of rotatable bonds is 9. The summed E-state index contributed by atoms with van der Waals surface area (Å²) in [6, 6.07) is 0. The van der Waals surface area contributed by atoms with Gasteiger partial charge in [-0.05, 0) is 25.8 Å². The lowest BCUT2D eigenvalue weighted by Gasteiger charge is -1.99. The van der Waals surface area contributed by atoms with Gasteiger partial charge >= 0.3 is 0 Å². The van der Waals surface area contributed by atoms with Crippen molar-refractivity contribution < 1.29 is 4.79 Å². The van der Waals surface area contributed by atoms with Crippen LogP contribution in [0.4, 0.5) is 0 Å². The molecule has 2 nitrogen and oxygen atoms in total. The molecule has 0 aliphatic rings. The summed E-state index contributed by atoms with van der Waals surface area (Å²) in [6.07, 6.45) is 8.27. The monoisotopic (exact) mass is 185 g/mol. The smallest absolute Gasteiger partial charge is 0.132 e. The van der Waals surface area contributed by atoms with Gasteiger partial charge in [0.1, 0.15) is 5.78 Å². The lowest BCUT2D eigenvalue weighted by Crippen LogP contribution is -2.02. The van der Waals surface area contributed by atoms with Crippen LogP contribution in [-0.2, 0) is 4.79 Å². The normalized spacial score (nSPS) is 10.3. The fraction of sp³-hybridized carbons (Fsp3) is 0.909. The fourth-order valence-corrected chi connectivity index (χ4v) is 1.34. The van der Waals surface area contributed by atoms with E-state index in [1.165, 1.54) is 19.3 Å². The third kappa shape index (κ3) is 9.54. The molecule has 78 valence electrons. The molecular formula is C11H23NO. The maximum absolute atomic E-state index is 11.2. The van der Waals surface area contributed by atoms with Gasteiger partial charge in [-0.25, -0.2) is 0 Å². The number of nitrogens with two attached hydrogens (primary N) is 1. The highest BCUT2D eigenvalue weighted by atomic mass is 16.1. The molecule has 0 aromatic heterocycles. The van der Waals surface area contributed by atoms with E-state index < -0.39 is 0 Å². The van der Waals surface area contributed by atoms with Crippen LogP contribution in [0.25, 0.3) is 0 Å². The van der Waals surface area contributed by atoms with E-state index in [0.717, 1.165) is 32.1 Å². The second-order valence-corrected chi connectivity index (χ2v) is 3.60. The van der Waals surface area contributed by atoms with Crippen LogP contribution >= 0.6 is 0 Å². The van der Waals surface area contributed by atoms with Crippen LogP contribution in [-0.4, -0.2) is 12.3 Å². The predicted molar refractivity (Wildman–Crippen MR) is 56.7 cm³/mol. The molecule has 0 amide bonds. The molecule has 0 unspecified atom stereocenters. The van der Waals surface area contributed by atoms with Crippen LogP contribution in [0, 0.1) is 0 Å². The Kier molecular flexibility index (Phi) is 9.44. The van der Waals surface area contributed by atoms with Gasteiger partial charge < -0.3 is 5.73 Å². The minimum absolute atomic E-state index is 0.421. The Labute approximate surface area is 81.9 Å². The van der Waals surface area contributed by atoms with Crippen molar-refractivity contribution in [2.45, 2.75) is 58.3 Å². The van der Waals surface area contributed by atoms with Gasteiger partial charge in [-0.15, -0.1) is 0 Å². The number of hydrogen-bond acceptors (Lipinski definition) is 2. The highest BCUT2D eigenvalue weighted by Gasteiger charge is 2.00. The van der Waals surface area contributed by atoms with Crippen molar-refractivity contribution in [2.24, 2.45) is 5.73 Å². The first-order chi connectivity index (χ1) is 6.31. The number of Topliss-reactive ketones (excluding diaryl/α,β-unsaturated/α-hetero) is 1. The van der Waals surface area contributed by atoms with Gasteiger partial charge in [0.2, 0.25) is 0 Å². The highest BCUT2D eigenvalue weighted by molar-refractivity contribution is 5.78. The van der Waals surface area contributed by atoms with Crippen LogP contribution in [0.15, 0.2) is 0 Å². The molecule has 0 rings (SSSR count). The molecule has 0 fully saturated rings. The number of hydrogen-bond donors (Lipinski definition) is 1. The van der Waals surface area contributed by atoms with Gasteiger partial charge in [-0.1, -0.05) is 26.2 Å². The Morgan fingerprint density at radius 3 is 2.15 bits per heavy atom. The van der Waals surface area contributed by atoms with Crippen molar-refractivity contribution in [2.75, 3.05) is 6.54 Å². The Bertz CT molecular complexity index is 123. The topological polar surface area (TPSA) is 43.1 Å². The first-order valence-corrected chi connectivity index (χ1v) is 5.53. The highest BCUT2D eigenvalue weighted by Crippen LogP contribution is 2.06. The minimum atomic E-state index is 0.421. The number of ketones is 1. The average Bonchev–Trinajstić information content (AvgIpc) is 2.13.